The van der Waals surface area contributed by atoms with E-state index in [1.807, 2.05) is 50.2 Å². The molecule has 0 saturated heterocycles. The third-order valence-electron chi connectivity index (χ3n) is 5.02. The molecule has 1 aromatic heterocycles. The predicted molar refractivity (Wildman–Crippen MR) is 112 cm³/mol. The summed E-state index contributed by atoms with van der Waals surface area (Å²) in [6.07, 6.45) is 1.90. The molecule has 2 aromatic carbocycles. The number of hydrogen-bond donors (Lipinski definition) is 1. The van der Waals surface area contributed by atoms with E-state index >= 15 is 0 Å². The number of esters is 1. The van der Waals surface area contributed by atoms with Crippen molar-refractivity contribution >= 4 is 28.9 Å². The Bertz CT molecular complexity index is 1050. The first-order valence-electron chi connectivity index (χ1n) is 9.27. The van der Waals surface area contributed by atoms with Gasteiger partial charge in [0.2, 0.25) is 0 Å². The molecule has 1 aliphatic rings. The summed E-state index contributed by atoms with van der Waals surface area (Å²) in [5.41, 5.74) is 6.40. The highest BCUT2D eigenvalue weighted by Gasteiger charge is 2.22. The van der Waals surface area contributed by atoms with Gasteiger partial charge in [-0.2, -0.15) is 0 Å². The zero-order valence-corrected chi connectivity index (χ0v) is 16.7. The van der Waals surface area contributed by atoms with Crippen molar-refractivity contribution in [3.63, 3.8) is 0 Å². The third-order valence-corrected chi connectivity index (χ3v) is 6.21. The molecule has 1 N–H and O–H groups in total. The number of amides is 1. The predicted octanol–water partition coefficient (Wildman–Crippen LogP) is 4.93. The zero-order chi connectivity index (χ0) is 19.7. The van der Waals surface area contributed by atoms with Crippen LogP contribution in [0.4, 0.5) is 5.69 Å². The summed E-state index contributed by atoms with van der Waals surface area (Å²) in [6.45, 7) is 3.57. The van der Waals surface area contributed by atoms with Crippen LogP contribution in [0.2, 0.25) is 0 Å². The van der Waals surface area contributed by atoms with Crippen LogP contribution >= 0.6 is 11.3 Å². The molecule has 0 radical (unpaired) electrons. The van der Waals surface area contributed by atoms with Crippen molar-refractivity contribution in [3.8, 4) is 10.4 Å². The number of para-hydroxylation sites is 1. The Morgan fingerprint density at radius 3 is 2.50 bits per heavy atom. The van der Waals surface area contributed by atoms with E-state index in [2.05, 4.69) is 17.4 Å². The molecule has 0 atom stereocenters. The number of hydrogen-bond acceptors (Lipinski definition) is 4. The van der Waals surface area contributed by atoms with Crippen LogP contribution in [0.25, 0.3) is 10.4 Å². The van der Waals surface area contributed by atoms with Crippen LogP contribution in [0.15, 0.2) is 48.5 Å². The van der Waals surface area contributed by atoms with Crippen molar-refractivity contribution in [2.24, 2.45) is 0 Å². The van der Waals surface area contributed by atoms with Gasteiger partial charge in [0.25, 0.3) is 5.91 Å². The summed E-state index contributed by atoms with van der Waals surface area (Å²) in [5.74, 6) is -0.786. The molecule has 0 aliphatic heterocycles. The van der Waals surface area contributed by atoms with Crippen LogP contribution in [-0.4, -0.2) is 18.5 Å². The van der Waals surface area contributed by atoms with Gasteiger partial charge in [-0.25, -0.2) is 4.79 Å². The lowest BCUT2D eigenvalue weighted by Crippen LogP contribution is -2.21. The minimum Gasteiger partial charge on any atom is -0.451 e. The summed E-state index contributed by atoms with van der Waals surface area (Å²) in [6, 6.07) is 16.0. The van der Waals surface area contributed by atoms with Crippen molar-refractivity contribution < 1.29 is 14.3 Å². The Kier molecular flexibility index (Phi) is 5.01. The van der Waals surface area contributed by atoms with Gasteiger partial charge >= 0.3 is 5.97 Å². The number of ether oxygens (including phenoxy) is 1. The van der Waals surface area contributed by atoms with Crippen LogP contribution in [0, 0.1) is 13.8 Å². The highest BCUT2D eigenvalue weighted by molar-refractivity contribution is 7.17. The Balaban J connectivity index is 1.43. The van der Waals surface area contributed by atoms with Crippen LogP contribution < -0.4 is 5.32 Å². The lowest BCUT2D eigenvalue weighted by Gasteiger charge is -2.15. The van der Waals surface area contributed by atoms with E-state index in [1.165, 1.54) is 28.0 Å². The summed E-state index contributed by atoms with van der Waals surface area (Å²) in [7, 11) is 0. The number of fused-ring (bicyclic) bond motifs is 3. The molecule has 0 bridgehead atoms. The van der Waals surface area contributed by atoms with E-state index in [0.717, 1.165) is 34.5 Å². The van der Waals surface area contributed by atoms with Gasteiger partial charge in [-0.1, -0.05) is 42.5 Å². The highest BCUT2D eigenvalue weighted by Crippen LogP contribution is 2.39. The van der Waals surface area contributed by atoms with E-state index in [9.17, 15) is 9.59 Å². The van der Waals surface area contributed by atoms with Gasteiger partial charge in [-0.3, -0.25) is 4.79 Å². The fraction of sp³-hybridized carbons (Fsp3) is 0.217. The SMILES string of the molecule is Cc1cccc(C)c1NC(=O)COC(=O)c1cc2c(s1)-c1ccccc1CC2. The third kappa shape index (κ3) is 3.58. The molecule has 0 unspecified atom stereocenters. The molecule has 0 fully saturated rings. The smallest absolute Gasteiger partial charge is 0.348 e. The molecular weight excluding hydrogens is 370 g/mol. The maximum absolute atomic E-state index is 12.5. The minimum absolute atomic E-state index is 0.300. The van der Waals surface area contributed by atoms with Crippen LogP contribution in [0.5, 0.6) is 0 Å². The van der Waals surface area contributed by atoms with Gasteiger partial charge in [0.15, 0.2) is 6.61 Å². The monoisotopic (exact) mass is 391 g/mol. The van der Waals surface area contributed by atoms with Gasteiger partial charge < -0.3 is 10.1 Å². The van der Waals surface area contributed by atoms with Crippen LogP contribution in [0.3, 0.4) is 0 Å². The number of nitrogens with one attached hydrogen (secondary N) is 1. The average molecular weight is 391 g/mol. The number of aryl methyl sites for hydroxylation is 4. The molecule has 28 heavy (non-hydrogen) atoms. The summed E-state index contributed by atoms with van der Waals surface area (Å²) in [4.78, 5) is 26.4. The fourth-order valence-corrected chi connectivity index (χ4v) is 4.73. The summed E-state index contributed by atoms with van der Waals surface area (Å²) in [5, 5.41) is 2.83. The van der Waals surface area contributed by atoms with Gasteiger partial charge in [-0.05, 0) is 60.6 Å². The molecule has 1 heterocycles. The van der Waals surface area contributed by atoms with Crippen molar-refractivity contribution in [2.75, 3.05) is 11.9 Å². The van der Waals surface area contributed by atoms with Crippen molar-refractivity contribution in [3.05, 3.63) is 75.7 Å². The fourth-order valence-electron chi connectivity index (χ4n) is 3.56. The van der Waals surface area contributed by atoms with Gasteiger partial charge in [-0.15, -0.1) is 11.3 Å². The van der Waals surface area contributed by atoms with Crippen LogP contribution in [0.1, 0.15) is 31.9 Å². The largest absolute Gasteiger partial charge is 0.451 e. The highest BCUT2D eigenvalue weighted by atomic mass is 32.1. The molecule has 4 nitrogen and oxygen atoms in total. The molecule has 0 spiro atoms. The topological polar surface area (TPSA) is 55.4 Å². The molecule has 4 rings (SSSR count). The van der Waals surface area contributed by atoms with E-state index in [0.29, 0.717) is 4.88 Å². The standard InChI is InChI=1S/C23H21NO3S/c1-14-6-5-7-15(2)21(14)24-20(25)13-27-23(26)19-12-17-11-10-16-8-3-4-9-18(16)22(17)28-19/h3-9,12H,10-11,13H2,1-2H3,(H,24,25). The first kappa shape index (κ1) is 18.4. The maximum Gasteiger partial charge on any atom is 0.348 e. The molecule has 0 saturated carbocycles. The van der Waals surface area contributed by atoms with E-state index in [-0.39, 0.29) is 12.5 Å². The number of anilines is 1. The van der Waals surface area contributed by atoms with Crippen LogP contribution in [-0.2, 0) is 22.4 Å². The number of carbonyl (C=O) groups is 2. The van der Waals surface area contributed by atoms with Gasteiger partial charge in [0.05, 0.1) is 0 Å². The number of rotatable bonds is 4. The quantitative estimate of drug-likeness (QED) is 0.642. The minimum atomic E-state index is -0.450. The lowest BCUT2D eigenvalue weighted by molar-refractivity contribution is -0.119. The van der Waals surface area contributed by atoms with E-state index < -0.39 is 5.97 Å². The lowest BCUT2D eigenvalue weighted by atomic mass is 9.91. The molecule has 142 valence electrons. The summed E-state index contributed by atoms with van der Waals surface area (Å²) >= 11 is 1.44. The second-order valence-corrected chi connectivity index (χ2v) is 8.07. The molecule has 3 aromatic rings. The van der Waals surface area contributed by atoms with Crippen molar-refractivity contribution in [1.82, 2.24) is 0 Å². The Morgan fingerprint density at radius 2 is 1.71 bits per heavy atom. The normalized spacial score (nSPS) is 12.1. The Labute approximate surface area is 168 Å². The maximum atomic E-state index is 12.5. The second kappa shape index (κ2) is 7.60. The van der Waals surface area contributed by atoms with E-state index in [4.69, 9.17) is 4.74 Å². The van der Waals surface area contributed by atoms with E-state index in [1.54, 1.807) is 0 Å². The molecule has 1 aliphatic carbocycles. The first-order chi connectivity index (χ1) is 13.5. The zero-order valence-electron chi connectivity index (χ0n) is 15.9. The second-order valence-electron chi connectivity index (χ2n) is 7.01. The Hall–Kier alpha value is -2.92. The van der Waals surface area contributed by atoms with Crippen molar-refractivity contribution in [1.29, 1.82) is 0 Å². The molecule has 5 heteroatoms. The van der Waals surface area contributed by atoms with Gasteiger partial charge in [0.1, 0.15) is 4.88 Å². The first-order valence-corrected chi connectivity index (χ1v) is 10.1. The van der Waals surface area contributed by atoms with Crippen molar-refractivity contribution in [2.45, 2.75) is 26.7 Å². The number of carbonyl (C=O) groups excluding carboxylic acids is 2. The summed E-state index contributed by atoms with van der Waals surface area (Å²) < 4.78 is 5.27. The Morgan fingerprint density at radius 1 is 1.00 bits per heavy atom. The van der Waals surface area contributed by atoms with Gasteiger partial charge in [0, 0.05) is 10.6 Å². The average Bonchev–Trinajstić information content (AvgIpc) is 3.14. The molecule has 1 amide bonds. The number of thiophene rings is 1. The number of benzene rings is 2. The molecular formula is C23H21NO3S.